The number of rotatable bonds is 1. The van der Waals surface area contributed by atoms with Crippen LogP contribution in [0.25, 0.3) is 21.9 Å². The first-order valence-electron chi connectivity index (χ1n) is 4.72. The molecule has 0 saturated carbocycles. The van der Waals surface area contributed by atoms with E-state index in [1.807, 2.05) is 0 Å². The number of nitrogens with one attached hydrogen (secondary N) is 2. The zero-order valence-electron chi connectivity index (χ0n) is 8.11. The fourth-order valence-electron chi connectivity index (χ4n) is 1.88. The van der Waals surface area contributed by atoms with E-state index in [2.05, 4.69) is 9.97 Å². The van der Waals surface area contributed by atoms with Crippen LogP contribution in [0.15, 0.2) is 24.3 Å². The summed E-state index contributed by atoms with van der Waals surface area (Å²) in [6.07, 6.45) is 0. The second-order valence-electron chi connectivity index (χ2n) is 3.63. The normalized spacial score (nSPS) is 11.2. The van der Waals surface area contributed by atoms with E-state index in [1.54, 1.807) is 18.2 Å². The number of aromatic nitrogens is 2. The highest BCUT2D eigenvalue weighted by Crippen LogP contribution is 2.27. The average molecular weight is 216 g/mol. The second-order valence-corrected chi connectivity index (χ2v) is 3.63. The number of aromatic carboxylic acids is 1. The van der Waals surface area contributed by atoms with Gasteiger partial charge in [0.15, 0.2) is 0 Å². The van der Waals surface area contributed by atoms with Crippen LogP contribution in [0.2, 0.25) is 0 Å². The Morgan fingerprint density at radius 3 is 2.69 bits per heavy atom. The summed E-state index contributed by atoms with van der Waals surface area (Å²) in [5.41, 5.74) is 2.39. The molecule has 0 saturated heterocycles. The summed E-state index contributed by atoms with van der Waals surface area (Å²) < 4.78 is 0. The van der Waals surface area contributed by atoms with Crippen molar-refractivity contribution in [2.24, 2.45) is 0 Å². The third kappa shape index (κ3) is 1.08. The maximum absolute atomic E-state index is 10.8. The van der Waals surface area contributed by atoms with Crippen molar-refractivity contribution in [2.45, 2.75) is 0 Å². The van der Waals surface area contributed by atoms with Gasteiger partial charge in [-0.05, 0) is 18.2 Å². The molecule has 0 spiro atoms. The van der Waals surface area contributed by atoms with Crippen LogP contribution < -0.4 is 0 Å². The van der Waals surface area contributed by atoms with Gasteiger partial charge in [0, 0.05) is 11.5 Å². The molecule has 0 unspecified atom stereocenters. The molecule has 1 aromatic carbocycles. The fourth-order valence-corrected chi connectivity index (χ4v) is 1.88. The van der Waals surface area contributed by atoms with Crippen LogP contribution in [0.5, 0.6) is 5.75 Å². The van der Waals surface area contributed by atoms with Crippen molar-refractivity contribution < 1.29 is 15.0 Å². The van der Waals surface area contributed by atoms with E-state index < -0.39 is 5.97 Å². The van der Waals surface area contributed by atoms with Crippen molar-refractivity contribution in [3.63, 3.8) is 0 Å². The van der Waals surface area contributed by atoms with E-state index in [0.29, 0.717) is 0 Å². The summed E-state index contributed by atoms with van der Waals surface area (Å²) >= 11 is 0. The van der Waals surface area contributed by atoms with Crippen LogP contribution in [0.1, 0.15) is 10.5 Å². The topological polar surface area (TPSA) is 89.1 Å². The van der Waals surface area contributed by atoms with Gasteiger partial charge in [-0.25, -0.2) is 4.79 Å². The number of benzene rings is 1. The lowest BCUT2D eigenvalue weighted by atomic mass is 10.2. The van der Waals surface area contributed by atoms with Crippen LogP contribution in [-0.4, -0.2) is 26.2 Å². The highest BCUT2D eigenvalue weighted by Gasteiger charge is 2.11. The summed E-state index contributed by atoms with van der Waals surface area (Å²) in [6.45, 7) is 0. The monoisotopic (exact) mass is 216 g/mol. The SMILES string of the molecule is O=C(O)c1cc2[nH]c3cc(O)ccc3c2[nH]1. The van der Waals surface area contributed by atoms with Gasteiger partial charge < -0.3 is 20.2 Å². The summed E-state index contributed by atoms with van der Waals surface area (Å²) in [6, 6.07) is 6.45. The number of fused-ring (bicyclic) bond motifs is 3. The molecule has 3 aromatic rings. The number of aromatic amines is 2. The molecule has 0 aliphatic carbocycles. The summed E-state index contributed by atoms with van der Waals surface area (Å²) in [5, 5.41) is 19.0. The van der Waals surface area contributed by atoms with Gasteiger partial charge in [-0.2, -0.15) is 0 Å². The highest BCUT2D eigenvalue weighted by molar-refractivity contribution is 6.08. The number of carboxylic acids is 1. The van der Waals surface area contributed by atoms with E-state index in [0.717, 1.165) is 21.9 Å². The molecule has 5 heteroatoms. The van der Waals surface area contributed by atoms with Gasteiger partial charge in [-0.3, -0.25) is 0 Å². The molecule has 2 heterocycles. The van der Waals surface area contributed by atoms with E-state index in [9.17, 15) is 9.90 Å². The summed E-state index contributed by atoms with van der Waals surface area (Å²) in [5.74, 6) is -0.814. The largest absolute Gasteiger partial charge is 0.508 e. The summed E-state index contributed by atoms with van der Waals surface area (Å²) in [7, 11) is 0. The van der Waals surface area contributed by atoms with Crippen molar-refractivity contribution in [3.05, 3.63) is 30.0 Å². The molecule has 4 N–H and O–H groups in total. The first kappa shape index (κ1) is 8.84. The molecular formula is C11H8N2O3. The molecule has 16 heavy (non-hydrogen) atoms. The Hall–Kier alpha value is -2.43. The Balaban J connectivity index is 2.38. The van der Waals surface area contributed by atoms with Crippen LogP contribution >= 0.6 is 0 Å². The molecule has 0 amide bonds. The van der Waals surface area contributed by atoms with Gasteiger partial charge >= 0.3 is 5.97 Å². The average Bonchev–Trinajstić information content (AvgIpc) is 2.73. The third-order valence-corrected chi connectivity index (χ3v) is 2.59. The van der Waals surface area contributed by atoms with E-state index in [-0.39, 0.29) is 11.4 Å². The van der Waals surface area contributed by atoms with E-state index in [4.69, 9.17) is 5.11 Å². The maximum atomic E-state index is 10.8. The van der Waals surface area contributed by atoms with Gasteiger partial charge in [-0.1, -0.05) is 0 Å². The molecule has 3 rings (SSSR count). The lowest BCUT2D eigenvalue weighted by Crippen LogP contribution is -1.95. The Bertz CT molecular complexity index is 708. The first-order chi connectivity index (χ1) is 7.65. The lowest BCUT2D eigenvalue weighted by molar-refractivity contribution is 0.0691. The number of aromatic hydroxyl groups is 1. The molecule has 0 atom stereocenters. The van der Waals surface area contributed by atoms with Crippen molar-refractivity contribution in [1.82, 2.24) is 9.97 Å². The number of carbonyl (C=O) groups is 1. The Morgan fingerprint density at radius 1 is 1.12 bits per heavy atom. The number of hydrogen-bond acceptors (Lipinski definition) is 2. The molecule has 0 aliphatic heterocycles. The Labute approximate surface area is 89.3 Å². The van der Waals surface area contributed by atoms with Gasteiger partial charge in [0.25, 0.3) is 0 Å². The minimum Gasteiger partial charge on any atom is -0.508 e. The lowest BCUT2D eigenvalue weighted by Gasteiger charge is -1.92. The first-order valence-corrected chi connectivity index (χ1v) is 4.72. The number of H-pyrrole nitrogens is 2. The highest BCUT2D eigenvalue weighted by atomic mass is 16.4. The van der Waals surface area contributed by atoms with Crippen molar-refractivity contribution in [1.29, 1.82) is 0 Å². The quantitative estimate of drug-likeness (QED) is 0.502. The Kier molecular flexibility index (Phi) is 1.54. The summed E-state index contributed by atoms with van der Waals surface area (Å²) in [4.78, 5) is 16.6. The molecule has 80 valence electrons. The molecule has 0 bridgehead atoms. The zero-order chi connectivity index (χ0) is 11.3. The molecule has 0 radical (unpaired) electrons. The van der Waals surface area contributed by atoms with Crippen LogP contribution in [0.4, 0.5) is 0 Å². The smallest absolute Gasteiger partial charge is 0.352 e. The van der Waals surface area contributed by atoms with Crippen molar-refractivity contribution >= 4 is 27.9 Å². The van der Waals surface area contributed by atoms with E-state index in [1.165, 1.54) is 6.07 Å². The van der Waals surface area contributed by atoms with E-state index >= 15 is 0 Å². The van der Waals surface area contributed by atoms with Crippen molar-refractivity contribution in [3.8, 4) is 5.75 Å². The van der Waals surface area contributed by atoms with Crippen LogP contribution in [0.3, 0.4) is 0 Å². The number of phenols is 1. The number of phenolic OH excluding ortho intramolecular Hbond substituents is 1. The van der Waals surface area contributed by atoms with Crippen LogP contribution in [-0.2, 0) is 0 Å². The van der Waals surface area contributed by atoms with Gasteiger partial charge in [-0.15, -0.1) is 0 Å². The second kappa shape index (κ2) is 2.79. The van der Waals surface area contributed by atoms with Crippen molar-refractivity contribution in [2.75, 3.05) is 0 Å². The third-order valence-electron chi connectivity index (χ3n) is 2.59. The molecular weight excluding hydrogens is 208 g/mol. The fraction of sp³-hybridized carbons (Fsp3) is 0. The Morgan fingerprint density at radius 2 is 1.94 bits per heavy atom. The molecule has 0 fully saturated rings. The van der Waals surface area contributed by atoms with Gasteiger partial charge in [0.2, 0.25) is 0 Å². The minimum absolute atomic E-state index is 0.149. The zero-order valence-corrected chi connectivity index (χ0v) is 8.11. The predicted octanol–water partition coefficient (Wildman–Crippen LogP) is 2.05. The molecule has 5 nitrogen and oxygen atoms in total. The number of hydrogen-bond donors (Lipinski definition) is 4. The predicted molar refractivity (Wildman–Crippen MR) is 58.8 cm³/mol. The van der Waals surface area contributed by atoms with Gasteiger partial charge in [0.1, 0.15) is 11.4 Å². The molecule has 2 aromatic heterocycles. The standard InChI is InChI=1S/C11H8N2O3/c14-5-1-2-6-7(3-5)12-8-4-9(11(15)16)13-10(6)8/h1-4,12-14H,(H,15,16). The number of carboxylic acid groups (broad SMARTS) is 1. The van der Waals surface area contributed by atoms with Crippen LogP contribution in [0, 0.1) is 0 Å². The minimum atomic E-state index is -0.989. The maximum Gasteiger partial charge on any atom is 0.352 e. The molecule has 0 aliphatic rings. The van der Waals surface area contributed by atoms with Gasteiger partial charge in [0.05, 0.1) is 16.6 Å².